The molecule has 3 aromatic heterocycles. The van der Waals surface area contributed by atoms with E-state index >= 15 is 0 Å². The topological polar surface area (TPSA) is 102 Å². The van der Waals surface area contributed by atoms with E-state index in [1.807, 2.05) is 13.8 Å². The second-order valence-electron chi connectivity index (χ2n) is 6.42. The first-order valence-corrected chi connectivity index (χ1v) is 10.8. The largest absolute Gasteiger partial charge is 0.461 e. The van der Waals surface area contributed by atoms with Crippen LogP contribution >= 0.6 is 11.3 Å². The average molecular weight is 391 g/mol. The van der Waals surface area contributed by atoms with Gasteiger partial charge < -0.3 is 9.73 Å². The Morgan fingerprint density at radius 3 is 2.81 bits per heavy atom. The van der Waals surface area contributed by atoms with Crippen LogP contribution < -0.4 is 5.32 Å². The van der Waals surface area contributed by atoms with E-state index in [4.69, 9.17) is 4.42 Å². The highest BCUT2D eigenvalue weighted by Gasteiger charge is 2.30. The van der Waals surface area contributed by atoms with Crippen LogP contribution in [0.1, 0.15) is 27.3 Å². The van der Waals surface area contributed by atoms with Crippen molar-refractivity contribution < 1.29 is 17.6 Å². The van der Waals surface area contributed by atoms with Crippen molar-refractivity contribution in [1.29, 1.82) is 0 Å². The predicted octanol–water partition coefficient (Wildman–Crippen LogP) is 2.49. The highest BCUT2D eigenvalue weighted by atomic mass is 32.2. The van der Waals surface area contributed by atoms with Crippen LogP contribution in [-0.2, 0) is 9.84 Å². The van der Waals surface area contributed by atoms with E-state index in [2.05, 4.69) is 15.3 Å². The van der Waals surface area contributed by atoms with Gasteiger partial charge in [-0.15, -0.1) is 11.3 Å². The lowest BCUT2D eigenvalue weighted by atomic mass is 10.1. The first-order chi connectivity index (χ1) is 12.3. The third kappa shape index (κ3) is 3.01. The Labute approximate surface area is 154 Å². The summed E-state index contributed by atoms with van der Waals surface area (Å²) >= 11 is 1.29. The van der Waals surface area contributed by atoms with E-state index < -0.39 is 9.84 Å². The zero-order valence-corrected chi connectivity index (χ0v) is 15.9. The van der Waals surface area contributed by atoms with Gasteiger partial charge in [0.25, 0.3) is 5.91 Å². The Balaban J connectivity index is 1.69. The number of aryl methyl sites for hydroxylation is 2. The van der Waals surface area contributed by atoms with Gasteiger partial charge in [-0.1, -0.05) is 0 Å². The number of furan rings is 1. The van der Waals surface area contributed by atoms with Crippen LogP contribution in [-0.4, -0.2) is 41.8 Å². The summed E-state index contributed by atoms with van der Waals surface area (Å²) in [7, 11) is -3.04. The molecule has 4 rings (SSSR count). The zero-order valence-electron chi connectivity index (χ0n) is 14.3. The molecule has 1 saturated heterocycles. The molecule has 3 aromatic rings. The standard InChI is InChI=1S/C17H17N3O4S2/c1-9-13-10(2)18-15(12-4-3-6-24-12)20-17(13)25-14(9)16(21)19-11-5-7-26(22,23)8-11/h3-4,6,11H,5,7-8H2,1-2H3,(H,19,21)/t11-/m1/s1. The fraction of sp³-hybridized carbons (Fsp3) is 0.353. The maximum absolute atomic E-state index is 12.7. The van der Waals surface area contributed by atoms with Gasteiger partial charge in [0, 0.05) is 11.4 Å². The number of amides is 1. The number of fused-ring (bicyclic) bond motifs is 1. The molecule has 0 aromatic carbocycles. The molecule has 136 valence electrons. The van der Waals surface area contributed by atoms with Crippen molar-refractivity contribution in [3.63, 3.8) is 0 Å². The molecule has 1 aliphatic heterocycles. The molecule has 1 aliphatic rings. The van der Waals surface area contributed by atoms with Crippen LogP contribution in [0, 0.1) is 13.8 Å². The summed E-state index contributed by atoms with van der Waals surface area (Å²) in [5.74, 6) is 0.926. The number of nitrogens with zero attached hydrogens (tertiary/aromatic N) is 2. The predicted molar refractivity (Wildman–Crippen MR) is 99.1 cm³/mol. The highest BCUT2D eigenvalue weighted by Crippen LogP contribution is 2.33. The smallest absolute Gasteiger partial charge is 0.261 e. The van der Waals surface area contributed by atoms with E-state index in [0.717, 1.165) is 16.6 Å². The zero-order chi connectivity index (χ0) is 18.5. The van der Waals surface area contributed by atoms with Gasteiger partial charge in [-0.2, -0.15) is 0 Å². The van der Waals surface area contributed by atoms with Crippen molar-refractivity contribution in [2.75, 3.05) is 11.5 Å². The fourth-order valence-corrected chi connectivity index (χ4v) is 6.04. The number of hydrogen-bond acceptors (Lipinski definition) is 7. The molecule has 0 aliphatic carbocycles. The number of sulfone groups is 1. The van der Waals surface area contributed by atoms with Crippen molar-refractivity contribution in [1.82, 2.24) is 15.3 Å². The van der Waals surface area contributed by atoms with E-state index in [1.165, 1.54) is 11.3 Å². The van der Waals surface area contributed by atoms with E-state index in [0.29, 0.717) is 27.7 Å². The summed E-state index contributed by atoms with van der Waals surface area (Å²) in [6.07, 6.45) is 2.02. The molecule has 0 saturated carbocycles. The highest BCUT2D eigenvalue weighted by molar-refractivity contribution is 7.91. The number of aromatic nitrogens is 2. The molecule has 1 N–H and O–H groups in total. The maximum Gasteiger partial charge on any atom is 0.261 e. The van der Waals surface area contributed by atoms with Crippen molar-refractivity contribution >= 4 is 37.3 Å². The van der Waals surface area contributed by atoms with Crippen molar-refractivity contribution in [3.05, 3.63) is 34.5 Å². The van der Waals surface area contributed by atoms with Crippen molar-refractivity contribution in [3.8, 4) is 11.6 Å². The first-order valence-electron chi connectivity index (χ1n) is 8.17. The molecule has 0 radical (unpaired) electrons. The fourth-order valence-electron chi connectivity index (χ4n) is 3.23. The lowest BCUT2D eigenvalue weighted by Gasteiger charge is -2.10. The minimum atomic E-state index is -3.04. The van der Waals surface area contributed by atoms with Crippen LogP contribution in [0.15, 0.2) is 22.8 Å². The minimum Gasteiger partial charge on any atom is -0.461 e. The molecule has 0 bridgehead atoms. The van der Waals surface area contributed by atoms with Gasteiger partial charge in [0.15, 0.2) is 21.4 Å². The van der Waals surface area contributed by atoms with Gasteiger partial charge in [-0.3, -0.25) is 4.79 Å². The first kappa shape index (κ1) is 17.2. The van der Waals surface area contributed by atoms with E-state index in [-0.39, 0.29) is 23.5 Å². The van der Waals surface area contributed by atoms with Crippen LogP contribution in [0.2, 0.25) is 0 Å². The van der Waals surface area contributed by atoms with Gasteiger partial charge in [0.05, 0.1) is 28.3 Å². The van der Waals surface area contributed by atoms with Crippen LogP contribution in [0.3, 0.4) is 0 Å². The van der Waals surface area contributed by atoms with Crippen molar-refractivity contribution in [2.24, 2.45) is 0 Å². The van der Waals surface area contributed by atoms with Gasteiger partial charge in [-0.05, 0) is 38.0 Å². The SMILES string of the molecule is Cc1nc(-c2ccco2)nc2sc(C(=O)N[C@@H]3CCS(=O)(=O)C3)c(C)c12. The second-order valence-corrected chi connectivity index (χ2v) is 9.65. The van der Waals surface area contributed by atoms with E-state index in [1.54, 1.807) is 18.4 Å². The molecule has 0 unspecified atom stereocenters. The van der Waals surface area contributed by atoms with Crippen molar-refractivity contribution in [2.45, 2.75) is 26.3 Å². The molecule has 1 atom stereocenters. The van der Waals surface area contributed by atoms with Gasteiger partial charge in [0.1, 0.15) is 4.83 Å². The number of thiophene rings is 1. The number of carbonyl (C=O) groups is 1. The third-order valence-electron chi connectivity index (χ3n) is 4.49. The molecule has 26 heavy (non-hydrogen) atoms. The normalized spacial score (nSPS) is 19.1. The summed E-state index contributed by atoms with van der Waals surface area (Å²) in [4.78, 5) is 22.9. The molecule has 4 heterocycles. The number of hydrogen-bond donors (Lipinski definition) is 1. The van der Waals surface area contributed by atoms with Crippen LogP contribution in [0.25, 0.3) is 21.8 Å². The Kier molecular flexibility index (Phi) is 4.07. The molecule has 7 nitrogen and oxygen atoms in total. The lowest BCUT2D eigenvalue weighted by Crippen LogP contribution is -2.35. The lowest BCUT2D eigenvalue weighted by molar-refractivity contribution is 0.0945. The minimum absolute atomic E-state index is 0.00412. The Bertz CT molecular complexity index is 1100. The molecule has 9 heteroatoms. The summed E-state index contributed by atoms with van der Waals surface area (Å²) in [6.45, 7) is 3.74. The number of rotatable bonds is 3. The molecular weight excluding hydrogens is 374 g/mol. The molecule has 0 spiro atoms. The van der Waals surface area contributed by atoms with Gasteiger partial charge in [0.2, 0.25) is 0 Å². The van der Waals surface area contributed by atoms with Gasteiger partial charge in [-0.25, -0.2) is 18.4 Å². The summed E-state index contributed by atoms with van der Waals surface area (Å²) in [5, 5.41) is 3.70. The molecular formula is C17H17N3O4S2. The number of nitrogens with one attached hydrogen (secondary N) is 1. The summed E-state index contributed by atoms with van der Waals surface area (Å²) < 4.78 is 28.5. The summed E-state index contributed by atoms with van der Waals surface area (Å²) in [6, 6.07) is 3.23. The monoisotopic (exact) mass is 391 g/mol. The Morgan fingerprint density at radius 2 is 2.15 bits per heavy atom. The van der Waals surface area contributed by atoms with Crippen LogP contribution in [0.4, 0.5) is 0 Å². The maximum atomic E-state index is 12.7. The molecule has 1 amide bonds. The third-order valence-corrected chi connectivity index (χ3v) is 7.44. The average Bonchev–Trinajstić information content (AvgIpc) is 3.27. The Morgan fingerprint density at radius 1 is 1.35 bits per heavy atom. The molecule has 1 fully saturated rings. The van der Waals surface area contributed by atoms with E-state index in [9.17, 15) is 13.2 Å². The second kappa shape index (κ2) is 6.17. The van der Waals surface area contributed by atoms with Crippen LogP contribution in [0.5, 0.6) is 0 Å². The quantitative estimate of drug-likeness (QED) is 0.736. The number of carbonyl (C=O) groups excluding carboxylic acids is 1. The summed E-state index contributed by atoms with van der Waals surface area (Å²) in [5.41, 5.74) is 1.59. The van der Waals surface area contributed by atoms with Gasteiger partial charge >= 0.3 is 0 Å². The Hall–Kier alpha value is -2.26.